The third kappa shape index (κ3) is 2.42. The number of nitrogens with zero attached hydrogens (tertiary/aromatic N) is 3. The number of nitrogens with two attached hydrogens (primary N) is 1. The van der Waals surface area contributed by atoms with E-state index in [2.05, 4.69) is 28.5 Å². The number of aromatic nitrogens is 3. The van der Waals surface area contributed by atoms with Crippen LogP contribution in [0.5, 0.6) is 0 Å². The quantitative estimate of drug-likeness (QED) is 0.830. The summed E-state index contributed by atoms with van der Waals surface area (Å²) in [7, 11) is 0. The van der Waals surface area contributed by atoms with Gasteiger partial charge in [-0.25, -0.2) is 0 Å². The Morgan fingerprint density at radius 1 is 1.50 bits per heavy atom. The molecule has 1 aromatic carbocycles. The largest absolute Gasteiger partial charge is 0.480 e. The topological polar surface area (TPSA) is 94.0 Å². The van der Waals surface area contributed by atoms with E-state index in [9.17, 15) is 4.79 Å². The van der Waals surface area contributed by atoms with Crippen LogP contribution in [0, 0.1) is 0 Å². The molecule has 6 nitrogen and oxygen atoms in total. The van der Waals surface area contributed by atoms with Gasteiger partial charge < -0.3 is 10.8 Å². The highest BCUT2D eigenvalue weighted by Crippen LogP contribution is 2.35. The SMILES string of the molecule is NC(Cc1cn(CC2Cc3ccccc32)nn1)C(=O)O. The second-order valence-electron chi connectivity index (χ2n) is 5.18. The Labute approximate surface area is 116 Å². The first-order chi connectivity index (χ1) is 9.63. The van der Waals surface area contributed by atoms with Gasteiger partial charge in [-0.1, -0.05) is 29.5 Å². The summed E-state index contributed by atoms with van der Waals surface area (Å²) in [6, 6.07) is 7.45. The number of hydrogen-bond acceptors (Lipinski definition) is 4. The van der Waals surface area contributed by atoms with Crippen LogP contribution in [0.2, 0.25) is 0 Å². The van der Waals surface area contributed by atoms with Gasteiger partial charge >= 0.3 is 5.97 Å². The van der Waals surface area contributed by atoms with Crippen LogP contribution in [0.3, 0.4) is 0 Å². The molecule has 1 heterocycles. The first-order valence-electron chi connectivity index (χ1n) is 6.58. The second-order valence-corrected chi connectivity index (χ2v) is 5.18. The smallest absolute Gasteiger partial charge is 0.320 e. The van der Waals surface area contributed by atoms with Gasteiger partial charge in [0.25, 0.3) is 0 Å². The summed E-state index contributed by atoms with van der Waals surface area (Å²) in [6.07, 6.45) is 3.04. The van der Waals surface area contributed by atoms with Gasteiger partial charge in [0.2, 0.25) is 0 Å². The lowest BCUT2D eigenvalue weighted by Gasteiger charge is -2.29. The molecule has 104 valence electrons. The molecule has 2 unspecified atom stereocenters. The number of carboxylic acid groups (broad SMARTS) is 1. The van der Waals surface area contributed by atoms with Crippen LogP contribution in [0.1, 0.15) is 22.7 Å². The van der Waals surface area contributed by atoms with E-state index in [0.717, 1.165) is 13.0 Å². The van der Waals surface area contributed by atoms with Crippen molar-refractivity contribution in [3.63, 3.8) is 0 Å². The molecule has 3 rings (SSSR count). The molecule has 6 heteroatoms. The van der Waals surface area contributed by atoms with Crippen molar-refractivity contribution in [1.29, 1.82) is 0 Å². The fraction of sp³-hybridized carbons (Fsp3) is 0.357. The van der Waals surface area contributed by atoms with Crippen LogP contribution in [0.15, 0.2) is 30.5 Å². The number of aliphatic carboxylic acids is 1. The second kappa shape index (κ2) is 5.05. The van der Waals surface area contributed by atoms with Gasteiger partial charge in [0, 0.05) is 25.1 Å². The fourth-order valence-electron chi connectivity index (χ4n) is 2.59. The van der Waals surface area contributed by atoms with Crippen LogP contribution in [-0.4, -0.2) is 32.1 Å². The molecule has 20 heavy (non-hydrogen) atoms. The molecule has 0 spiro atoms. The maximum atomic E-state index is 10.7. The van der Waals surface area contributed by atoms with E-state index in [1.54, 1.807) is 10.9 Å². The Morgan fingerprint density at radius 2 is 2.30 bits per heavy atom. The van der Waals surface area contributed by atoms with E-state index in [-0.39, 0.29) is 6.42 Å². The summed E-state index contributed by atoms with van der Waals surface area (Å²) >= 11 is 0. The molecule has 1 aliphatic rings. The maximum Gasteiger partial charge on any atom is 0.320 e. The lowest BCUT2D eigenvalue weighted by atomic mass is 9.78. The Bertz CT molecular complexity index is 638. The number of carboxylic acids is 1. The first kappa shape index (κ1) is 12.8. The minimum absolute atomic E-state index is 0.205. The normalized spacial score (nSPS) is 18.1. The van der Waals surface area contributed by atoms with Crippen LogP contribution in [0.4, 0.5) is 0 Å². The van der Waals surface area contributed by atoms with E-state index in [0.29, 0.717) is 11.6 Å². The molecule has 0 amide bonds. The predicted molar refractivity (Wildman–Crippen MR) is 72.2 cm³/mol. The number of rotatable bonds is 5. The summed E-state index contributed by atoms with van der Waals surface area (Å²) < 4.78 is 1.77. The third-order valence-corrected chi connectivity index (χ3v) is 3.70. The third-order valence-electron chi connectivity index (χ3n) is 3.70. The molecule has 0 radical (unpaired) electrons. The van der Waals surface area contributed by atoms with Gasteiger partial charge in [0.1, 0.15) is 6.04 Å². The molecule has 0 bridgehead atoms. The maximum absolute atomic E-state index is 10.7. The molecule has 0 saturated carbocycles. The minimum Gasteiger partial charge on any atom is -0.480 e. The van der Waals surface area contributed by atoms with Gasteiger partial charge in [0.15, 0.2) is 0 Å². The van der Waals surface area contributed by atoms with Crippen LogP contribution in [-0.2, 0) is 24.2 Å². The molecule has 0 fully saturated rings. The minimum atomic E-state index is -1.02. The van der Waals surface area contributed by atoms with E-state index in [1.807, 2.05) is 6.07 Å². The summed E-state index contributed by atoms with van der Waals surface area (Å²) in [5, 5.41) is 16.8. The summed E-state index contributed by atoms with van der Waals surface area (Å²) in [6.45, 7) is 0.770. The average Bonchev–Trinajstić information content (AvgIpc) is 2.83. The summed E-state index contributed by atoms with van der Waals surface area (Å²) in [4.78, 5) is 10.7. The fourth-order valence-corrected chi connectivity index (χ4v) is 2.59. The van der Waals surface area contributed by atoms with E-state index >= 15 is 0 Å². The van der Waals surface area contributed by atoms with Crippen LogP contribution < -0.4 is 5.73 Å². The number of carbonyl (C=O) groups is 1. The summed E-state index contributed by atoms with van der Waals surface area (Å²) in [5.74, 6) is -0.554. The van der Waals surface area contributed by atoms with Crippen molar-refractivity contribution in [2.24, 2.45) is 5.73 Å². The Balaban J connectivity index is 1.63. The van der Waals surface area contributed by atoms with Crippen molar-refractivity contribution in [2.45, 2.75) is 31.3 Å². The van der Waals surface area contributed by atoms with Gasteiger partial charge in [-0.2, -0.15) is 0 Å². The van der Waals surface area contributed by atoms with Gasteiger partial charge in [-0.05, 0) is 17.5 Å². The molecular weight excluding hydrogens is 256 g/mol. The van der Waals surface area contributed by atoms with Crippen molar-refractivity contribution in [3.05, 3.63) is 47.3 Å². The highest BCUT2D eigenvalue weighted by molar-refractivity contribution is 5.73. The van der Waals surface area contributed by atoms with Crippen LogP contribution in [0.25, 0.3) is 0 Å². The lowest BCUT2D eigenvalue weighted by Crippen LogP contribution is -2.32. The molecule has 2 atom stereocenters. The van der Waals surface area contributed by atoms with Gasteiger partial charge in [-0.3, -0.25) is 9.48 Å². The molecule has 3 N–H and O–H groups in total. The zero-order valence-electron chi connectivity index (χ0n) is 10.9. The number of hydrogen-bond donors (Lipinski definition) is 2. The van der Waals surface area contributed by atoms with E-state index < -0.39 is 12.0 Å². The average molecular weight is 272 g/mol. The van der Waals surface area contributed by atoms with Crippen molar-refractivity contribution >= 4 is 5.97 Å². The first-order valence-corrected chi connectivity index (χ1v) is 6.58. The zero-order chi connectivity index (χ0) is 14.1. The van der Waals surface area contributed by atoms with Crippen molar-refractivity contribution < 1.29 is 9.90 Å². The monoisotopic (exact) mass is 272 g/mol. The van der Waals surface area contributed by atoms with E-state index in [4.69, 9.17) is 10.8 Å². The van der Waals surface area contributed by atoms with Crippen molar-refractivity contribution in [1.82, 2.24) is 15.0 Å². The molecule has 1 aromatic heterocycles. The standard InChI is InChI=1S/C14H16N4O2/c15-13(14(19)20)6-11-8-18(17-16-11)7-10-5-9-3-1-2-4-12(9)10/h1-4,8,10,13H,5-7,15H2,(H,19,20). The predicted octanol–water partition coefficient (Wildman–Crippen LogP) is 0.572. The Morgan fingerprint density at radius 3 is 3.05 bits per heavy atom. The van der Waals surface area contributed by atoms with Crippen LogP contribution >= 0.6 is 0 Å². The molecule has 2 aromatic rings. The van der Waals surface area contributed by atoms with E-state index in [1.165, 1.54) is 11.1 Å². The highest BCUT2D eigenvalue weighted by Gasteiger charge is 2.26. The highest BCUT2D eigenvalue weighted by atomic mass is 16.4. The molecular formula is C14H16N4O2. The molecule has 0 aliphatic heterocycles. The summed E-state index contributed by atoms with van der Waals surface area (Å²) in [5.41, 5.74) is 8.86. The molecule has 0 saturated heterocycles. The van der Waals surface area contributed by atoms with Gasteiger partial charge in [0.05, 0.1) is 5.69 Å². The zero-order valence-corrected chi connectivity index (χ0v) is 10.9. The Hall–Kier alpha value is -2.21. The Kier molecular flexibility index (Phi) is 3.23. The number of fused-ring (bicyclic) bond motifs is 1. The lowest BCUT2D eigenvalue weighted by molar-refractivity contribution is -0.138. The van der Waals surface area contributed by atoms with Crippen molar-refractivity contribution in [3.8, 4) is 0 Å². The van der Waals surface area contributed by atoms with Crippen molar-refractivity contribution in [2.75, 3.05) is 0 Å². The van der Waals surface area contributed by atoms with Gasteiger partial charge in [-0.15, -0.1) is 5.10 Å². The molecule has 1 aliphatic carbocycles. The number of benzene rings is 1.